The highest BCUT2D eigenvalue weighted by molar-refractivity contribution is 14.0. The first kappa shape index (κ1) is 27.7. The molecule has 2 fully saturated rings. The summed E-state index contributed by atoms with van der Waals surface area (Å²) in [5.74, 6) is 1.11. The van der Waals surface area contributed by atoms with Crippen molar-refractivity contribution in [3.8, 4) is 0 Å². The fourth-order valence-electron chi connectivity index (χ4n) is 4.24. The Kier molecular flexibility index (Phi) is 11.7. The minimum Gasteiger partial charge on any atom is -0.381 e. The van der Waals surface area contributed by atoms with E-state index < -0.39 is 12.7 Å². The van der Waals surface area contributed by atoms with Crippen LogP contribution in [0.1, 0.15) is 33.1 Å². The maximum atomic E-state index is 12.8. The third-order valence-corrected chi connectivity index (χ3v) is 6.18. The van der Waals surface area contributed by atoms with Gasteiger partial charge in [-0.05, 0) is 52.7 Å². The van der Waals surface area contributed by atoms with Crippen LogP contribution in [-0.2, 0) is 4.74 Å². The van der Waals surface area contributed by atoms with Gasteiger partial charge in [-0.25, -0.2) is 0 Å². The van der Waals surface area contributed by atoms with Crippen LogP contribution in [0, 0.1) is 5.92 Å². The summed E-state index contributed by atoms with van der Waals surface area (Å²) in [6.45, 7) is 8.44. The standard InChI is InChI=1S/C20H38F3N5O.HI/c1-5-24-18(25-15-19(26(3)4)8-11-29-12-9-19)28-10-7-17(14-28)13-27(6-2)16-20(21,22)23;/h17H,5-16H2,1-4H3,(H,24,25);1H. The quantitative estimate of drug-likeness (QED) is 0.287. The zero-order chi connectivity index (χ0) is 21.5. The Morgan fingerprint density at radius 1 is 1.23 bits per heavy atom. The Bertz CT molecular complexity index is 527. The summed E-state index contributed by atoms with van der Waals surface area (Å²) in [4.78, 5) is 10.9. The highest BCUT2D eigenvalue weighted by Crippen LogP contribution is 2.27. The molecular formula is C20H39F3IN5O. The molecule has 10 heteroatoms. The maximum absolute atomic E-state index is 12.8. The molecule has 178 valence electrons. The Labute approximate surface area is 196 Å². The lowest BCUT2D eigenvalue weighted by molar-refractivity contribution is -0.146. The van der Waals surface area contributed by atoms with Crippen LogP contribution < -0.4 is 5.32 Å². The molecule has 0 aliphatic carbocycles. The fraction of sp³-hybridized carbons (Fsp3) is 0.950. The van der Waals surface area contributed by atoms with E-state index in [0.717, 1.165) is 58.1 Å². The van der Waals surface area contributed by atoms with Crippen LogP contribution in [-0.4, -0.2) is 105 Å². The molecule has 0 spiro atoms. The Hall–Kier alpha value is -0.330. The van der Waals surface area contributed by atoms with Crippen LogP contribution in [0.3, 0.4) is 0 Å². The Morgan fingerprint density at radius 2 is 1.90 bits per heavy atom. The van der Waals surface area contributed by atoms with Crippen LogP contribution in [0.5, 0.6) is 0 Å². The summed E-state index contributed by atoms with van der Waals surface area (Å²) in [6.07, 6.45) is -1.34. The van der Waals surface area contributed by atoms with Crippen LogP contribution in [0.25, 0.3) is 0 Å². The Balaban J connectivity index is 0.00000450. The van der Waals surface area contributed by atoms with Gasteiger partial charge in [0.1, 0.15) is 0 Å². The fourth-order valence-corrected chi connectivity index (χ4v) is 4.24. The van der Waals surface area contributed by atoms with Gasteiger partial charge < -0.3 is 19.9 Å². The van der Waals surface area contributed by atoms with E-state index in [1.54, 1.807) is 6.92 Å². The number of guanidine groups is 1. The molecular weight excluding hydrogens is 510 g/mol. The second kappa shape index (κ2) is 12.6. The van der Waals surface area contributed by atoms with E-state index in [9.17, 15) is 13.2 Å². The summed E-state index contributed by atoms with van der Waals surface area (Å²) in [5, 5.41) is 3.38. The minimum atomic E-state index is -4.14. The SMILES string of the molecule is CCNC(=NCC1(N(C)C)CCOCC1)N1CCC(CN(CC)CC(F)(F)F)C1.I. The van der Waals surface area contributed by atoms with Crippen LogP contribution in [0.4, 0.5) is 13.2 Å². The molecule has 1 unspecified atom stereocenters. The van der Waals surface area contributed by atoms with E-state index >= 15 is 0 Å². The smallest absolute Gasteiger partial charge is 0.381 e. The largest absolute Gasteiger partial charge is 0.401 e. The number of halogens is 4. The van der Waals surface area contributed by atoms with Gasteiger partial charge in [-0.15, -0.1) is 24.0 Å². The lowest BCUT2D eigenvalue weighted by Crippen LogP contribution is -2.52. The number of hydrogen-bond donors (Lipinski definition) is 1. The van der Waals surface area contributed by atoms with Crippen molar-refractivity contribution in [2.75, 3.05) is 73.1 Å². The predicted octanol–water partition coefficient (Wildman–Crippen LogP) is 2.89. The molecule has 30 heavy (non-hydrogen) atoms. The normalized spacial score (nSPS) is 22.5. The number of likely N-dealkylation sites (tertiary alicyclic amines) is 1. The van der Waals surface area contributed by atoms with Crippen molar-refractivity contribution in [3.63, 3.8) is 0 Å². The summed E-state index contributed by atoms with van der Waals surface area (Å²) in [5.41, 5.74) is 0.00374. The Morgan fingerprint density at radius 3 is 2.43 bits per heavy atom. The number of ether oxygens (including phenoxy) is 1. The molecule has 0 saturated carbocycles. The van der Waals surface area contributed by atoms with Gasteiger partial charge in [0.15, 0.2) is 5.96 Å². The highest BCUT2D eigenvalue weighted by atomic mass is 127. The number of likely N-dealkylation sites (N-methyl/N-ethyl adjacent to an activating group) is 1. The molecule has 0 aromatic heterocycles. The lowest BCUT2D eigenvalue weighted by atomic mass is 9.89. The van der Waals surface area contributed by atoms with Gasteiger partial charge in [0.05, 0.1) is 13.1 Å². The molecule has 0 aromatic rings. The summed E-state index contributed by atoms with van der Waals surface area (Å²) >= 11 is 0. The highest BCUT2D eigenvalue weighted by Gasteiger charge is 2.36. The van der Waals surface area contributed by atoms with Crippen molar-refractivity contribution in [3.05, 3.63) is 0 Å². The van der Waals surface area contributed by atoms with Gasteiger partial charge >= 0.3 is 6.18 Å². The first-order valence-electron chi connectivity index (χ1n) is 10.8. The van der Waals surface area contributed by atoms with Crippen molar-refractivity contribution in [1.29, 1.82) is 0 Å². The van der Waals surface area contributed by atoms with Gasteiger partial charge in [0, 0.05) is 44.9 Å². The van der Waals surface area contributed by atoms with Crippen molar-refractivity contribution in [1.82, 2.24) is 20.0 Å². The van der Waals surface area contributed by atoms with Crippen LogP contribution >= 0.6 is 24.0 Å². The van der Waals surface area contributed by atoms with E-state index in [4.69, 9.17) is 9.73 Å². The zero-order valence-corrected chi connectivity index (χ0v) is 21.1. The molecule has 2 rings (SSSR count). The molecule has 2 saturated heterocycles. The number of nitrogens with one attached hydrogen (secondary N) is 1. The third-order valence-electron chi connectivity index (χ3n) is 6.18. The molecule has 0 bridgehead atoms. The minimum absolute atomic E-state index is 0. The third kappa shape index (κ3) is 8.31. The second-order valence-corrected chi connectivity index (χ2v) is 8.44. The van der Waals surface area contributed by atoms with Crippen molar-refractivity contribution in [2.45, 2.75) is 44.8 Å². The topological polar surface area (TPSA) is 43.3 Å². The average molecular weight is 549 g/mol. The van der Waals surface area contributed by atoms with Crippen molar-refractivity contribution < 1.29 is 17.9 Å². The average Bonchev–Trinajstić information content (AvgIpc) is 3.12. The summed E-state index contributed by atoms with van der Waals surface area (Å²) in [7, 11) is 4.19. The van der Waals surface area contributed by atoms with Crippen LogP contribution in [0.15, 0.2) is 4.99 Å². The van der Waals surface area contributed by atoms with E-state index in [0.29, 0.717) is 19.6 Å². The first-order valence-corrected chi connectivity index (χ1v) is 10.8. The molecule has 1 N–H and O–H groups in total. The predicted molar refractivity (Wildman–Crippen MR) is 126 cm³/mol. The summed E-state index contributed by atoms with van der Waals surface area (Å²) < 4.78 is 43.8. The van der Waals surface area contributed by atoms with Gasteiger partial charge in [-0.1, -0.05) is 6.92 Å². The van der Waals surface area contributed by atoms with Crippen LogP contribution in [0.2, 0.25) is 0 Å². The van der Waals surface area contributed by atoms with E-state index in [2.05, 4.69) is 29.2 Å². The van der Waals surface area contributed by atoms with E-state index in [-0.39, 0.29) is 35.4 Å². The number of nitrogens with zero attached hydrogens (tertiary/aromatic N) is 4. The number of alkyl halides is 3. The molecule has 2 aliphatic heterocycles. The molecule has 1 atom stereocenters. The second-order valence-electron chi connectivity index (χ2n) is 8.44. The maximum Gasteiger partial charge on any atom is 0.401 e. The molecule has 2 aliphatic rings. The molecule has 6 nitrogen and oxygen atoms in total. The van der Waals surface area contributed by atoms with Gasteiger partial charge in [0.2, 0.25) is 0 Å². The molecule has 0 aromatic carbocycles. The molecule has 0 radical (unpaired) electrons. The van der Waals surface area contributed by atoms with Gasteiger partial charge in [0.25, 0.3) is 0 Å². The van der Waals surface area contributed by atoms with Crippen molar-refractivity contribution in [2.24, 2.45) is 10.9 Å². The van der Waals surface area contributed by atoms with Gasteiger partial charge in [-0.3, -0.25) is 9.89 Å². The molecule has 0 amide bonds. The van der Waals surface area contributed by atoms with E-state index in [1.165, 1.54) is 4.90 Å². The lowest BCUT2D eigenvalue weighted by Gasteiger charge is -2.42. The van der Waals surface area contributed by atoms with Crippen molar-refractivity contribution >= 4 is 29.9 Å². The zero-order valence-electron chi connectivity index (χ0n) is 18.8. The first-order chi connectivity index (χ1) is 13.7. The summed E-state index contributed by atoms with van der Waals surface area (Å²) in [6, 6.07) is 0. The number of hydrogen-bond acceptors (Lipinski definition) is 4. The molecule has 2 heterocycles. The monoisotopic (exact) mass is 549 g/mol. The van der Waals surface area contributed by atoms with Gasteiger partial charge in [-0.2, -0.15) is 13.2 Å². The van der Waals surface area contributed by atoms with E-state index in [1.807, 2.05) is 6.92 Å². The number of rotatable bonds is 8. The number of aliphatic imine (C=N–C) groups is 1.